The lowest BCUT2D eigenvalue weighted by Gasteiger charge is -2.31. The molecule has 1 aromatic rings. The largest absolute Gasteiger partial charge is 0.466 e. The first kappa shape index (κ1) is 17.6. The van der Waals surface area contributed by atoms with E-state index >= 15 is 0 Å². The maximum Gasteiger partial charge on any atom is 0.309 e. The van der Waals surface area contributed by atoms with Crippen molar-refractivity contribution in [2.45, 2.75) is 26.7 Å². The molecule has 0 radical (unpaired) electrons. The number of hydrogen-bond acceptors (Lipinski definition) is 4. The van der Waals surface area contributed by atoms with Gasteiger partial charge in [0, 0.05) is 13.1 Å². The Balaban J connectivity index is 1.80. The third-order valence-corrected chi connectivity index (χ3v) is 4.33. The number of anilines is 1. The molecule has 23 heavy (non-hydrogen) atoms. The molecule has 0 bridgehead atoms. The fourth-order valence-corrected chi connectivity index (χ4v) is 2.97. The number of aryl methyl sites for hydroxylation is 1. The summed E-state index contributed by atoms with van der Waals surface area (Å²) >= 11 is 6.14. The first-order valence-corrected chi connectivity index (χ1v) is 8.33. The molecule has 1 aromatic carbocycles. The maximum atomic E-state index is 12.3. The average molecular weight is 339 g/mol. The fourth-order valence-electron chi connectivity index (χ4n) is 2.67. The van der Waals surface area contributed by atoms with Crippen molar-refractivity contribution >= 4 is 29.2 Å². The van der Waals surface area contributed by atoms with E-state index in [2.05, 4.69) is 5.32 Å². The van der Waals surface area contributed by atoms with Gasteiger partial charge in [-0.15, -0.1) is 0 Å². The summed E-state index contributed by atoms with van der Waals surface area (Å²) in [6, 6.07) is 5.68. The number of esters is 1. The van der Waals surface area contributed by atoms with Crippen LogP contribution in [0.4, 0.5) is 5.69 Å². The highest BCUT2D eigenvalue weighted by Gasteiger charge is 2.27. The van der Waals surface area contributed by atoms with Gasteiger partial charge in [0.25, 0.3) is 0 Å². The van der Waals surface area contributed by atoms with E-state index in [1.807, 2.05) is 25.1 Å². The summed E-state index contributed by atoms with van der Waals surface area (Å²) in [7, 11) is 0. The van der Waals surface area contributed by atoms with Crippen LogP contribution in [0.15, 0.2) is 18.2 Å². The molecule has 0 aromatic heterocycles. The van der Waals surface area contributed by atoms with Crippen LogP contribution < -0.4 is 5.32 Å². The Labute approximate surface area is 141 Å². The Morgan fingerprint density at radius 2 is 2.04 bits per heavy atom. The highest BCUT2D eigenvalue weighted by atomic mass is 35.5. The van der Waals surface area contributed by atoms with Crippen LogP contribution >= 0.6 is 11.6 Å². The molecule has 5 nitrogen and oxygen atoms in total. The van der Waals surface area contributed by atoms with Gasteiger partial charge in [0.2, 0.25) is 5.91 Å². The smallest absolute Gasteiger partial charge is 0.309 e. The van der Waals surface area contributed by atoms with Crippen molar-refractivity contribution in [1.29, 1.82) is 0 Å². The van der Waals surface area contributed by atoms with E-state index < -0.39 is 0 Å². The summed E-state index contributed by atoms with van der Waals surface area (Å²) in [5.41, 5.74) is 1.83. The number of piperidine rings is 1. The summed E-state index contributed by atoms with van der Waals surface area (Å²) in [5, 5.41) is 3.69. The molecule has 1 N–H and O–H groups in total. The molecule has 126 valence electrons. The van der Waals surface area contributed by atoms with Gasteiger partial charge in [-0.2, -0.15) is 0 Å². The molecule has 1 aliphatic rings. The molecule has 0 aliphatic carbocycles. The zero-order valence-electron chi connectivity index (χ0n) is 13.6. The molecular formula is C17H23ClN2O3. The molecule has 6 heteroatoms. The summed E-state index contributed by atoms with van der Waals surface area (Å²) < 4.78 is 5.04. The predicted molar refractivity (Wildman–Crippen MR) is 90.6 cm³/mol. The molecule has 1 aliphatic heterocycles. The van der Waals surface area contributed by atoms with Gasteiger partial charge in [-0.25, -0.2) is 0 Å². The van der Waals surface area contributed by atoms with Gasteiger partial charge in [-0.1, -0.05) is 17.7 Å². The van der Waals surface area contributed by atoms with Crippen molar-refractivity contribution in [2.75, 3.05) is 31.6 Å². The minimum Gasteiger partial charge on any atom is -0.466 e. The molecule has 1 heterocycles. The molecule has 2 rings (SSSR count). The number of likely N-dealkylation sites (tertiary alicyclic amines) is 1. The quantitative estimate of drug-likeness (QED) is 0.839. The average Bonchev–Trinajstić information content (AvgIpc) is 2.54. The predicted octanol–water partition coefficient (Wildman–Crippen LogP) is 2.86. The van der Waals surface area contributed by atoms with E-state index in [0.717, 1.165) is 11.3 Å². The molecule has 0 saturated carbocycles. The van der Waals surface area contributed by atoms with Gasteiger partial charge in [0.15, 0.2) is 0 Å². The van der Waals surface area contributed by atoms with Gasteiger partial charge in [-0.3, -0.25) is 9.59 Å². The number of rotatable bonds is 5. The van der Waals surface area contributed by atoms with Crippen molar-refractivity contribution in [3.05, 3.63) is 28.8 Å². The molecule has 1 saturated heterocycles. The van der Waals surface area contributed by atoms with Crippen LogP contribution in [0.25, 0.3) is 0 Å². The zero-order valence-corrected chi connectivity index (χ0v) is 14.4. The van der Waals surface area contributed by atoms with E-state index in [1.54, 1.807) is 11.8 Å². The second-order valence-electron chi connectivity index (χ2n) is 5.74. The fraction of sp³-hybridized carbons (Fsp3) is 0.529. The number of hydrogen-bond donors (Lipinski definition) is 1. The van der Waals surface area contributed by atoms with Crippen molar-refractivity contribution in [3.63, 3.8) is 0 Å². The Morgan fingerprint density at radius 3 is 2.65 bits per heavy atom. The number of halogens is 1. The highest BCUT2D eigenvalue weighted by molar-refractivity contribution is 6.33. The summed E-state index contributed by atoms with van der Waals surface area (Å²) in [5.74, 6) is -0.216. The van der Waals surface area contributed by atoms with Crippen LogP contribution in [-0.4, -0.2) is 43.0 Å². The Kier molecular flexibility index (Phi) is 6.28. The van der Waals surface area contributed by atoms with Crippen LogP contribution in [0, 0.1) is 12.8 Å². The minimum absolute atomic E-state index is 0.0175. The molecular weight excluding hydrogens is 316 g/mol. The molecule has 0 unspecified atom stereocenters. The number of carbonyl (C=O) groups is 2. The van der Waals surface area contributed by atoms with Crippen molar-refractivity contribution in [1.82, 2.24) is 4.90 Å². The summed E-state index contributed by atoms with van der Waals surface area (Å²) in [4.78, 5) is 25.7. The normalized spacial score (nSPS) is 15.3. The van der Waals surface area contributed by atoms with Crippen LogP contribution in [-0.2, 0) is 14.3 Å². The second-order valence-corrected chi connectivity index (χ2v) is 6.15. The van der Waals surface area contributed by atoms with Crippen molar-refractivity contribution < 1.29 is 14.3 Å². The topological polar surface area (TPSA) is 58.6 Å². The third kappa shape index (κ3) is 4.86. The van der Waals surface area contributed by atoms with Crippen molar-refractivity contribution in [3.8, 4) is 0 Å². The van der Waals surface area contributed by atoms with Gasteiger partial charge in [0.05, 0.1) is 29.8 Å². The first-order valence-electron chi connectivity index (χ1n) is 7.95. The lowest BCUT2D eigenvalue weighted by molar-refractivity contribution is -0.151. The number of carbonyl (C=O) groups excluding carboxylic acids is 2. The molecule has 0 atom stereocenters. The third-order valence-electron chi connectivity index (χ3n) is 4.02. The highest BCUT2D eigenvalue weighted by Crippen LogP contribution is 2.23. The molecule has 1 amide bonds. The minimum atomic E-state index is -0.149. The maximum absolute atomic E-state index is 12.3. The van der Waals surface area contributed by atoms with E-state index in [0.29, 0.717) is 37.6 Å². The van der Waals surface area contributed by atoms with Gasteiger partial charge in [-0.05, 0) is 44.4 Å². The van der Waals surface area contributed by atoms with E-state index in [9.17, 15) is 9.59 Å². The lowest BCUT2D eigenvalue weighted by Crippen LogP contribution is -2.43. The van der Waals surface area contributed by atoms with E-state index in [4.69, 9.17) is 16.3 Å². The number of nitrogens with zero attached hydrogens (tertiary/aromatic N) is 1. The van der Waals surface area contributed by atoms with Crippen LogP contribution in [0.5, 0.6) is 0 Å². The molecule has 1 fully saturated rings. The second kappa shape index (κ2) is 8.20. The van der Waals surface area contributed by atoms with Gasteiger partial charge in [0.1, 0.15) is 0 Å². The van der Waals surface area contributed by atoms with Crippen LogP contribution in [0.1, 0.15) is 25.3 Å². The van der Waals surface area contributed by atoms with E-state index in [1.165, 1.54) is 0 Å². The first-order chi connectivity index (χ1) is 11.0. The molecule has 0 spiro atoms. The SMILES string of the molecule is CCOC(=O)C1CCN(C(=O)CNc2ccc(C)cc2Cl)CC1. The lowest BCUT2D eigenvalue weighted by atomic mass is 9.97. The number of benzene rings is 1. The monoisotopic (exact) mass is 338 g/mol. The number of amides is 1. The Morgan fingerprint density at radius 1 is 1.35 bits per heavy atom. The Bertz CT molecular complexity index is 569. The van der Waals surface area contributed by atoms with Crippen LogP contribution in [0.3, 0.4) is 0 Å². The Hall–Kier alpha value is -1.75. The van der Waals surface area contributed by atoms with Gasteiger partial charge >= 0.3 is 5.97 Å². The summed E-state index contributed by atoms with van der Waals surface area (Å²) in [6.07, 6.45) is 1.33. The standard InChI is InChI=1S/C17H23ClN2O3/c1-3-23-17(22)13-6-8-20(9-7-13)16(21)11-19-15-5-4-12(2)10-14(15)18/h4-5,10,13,19H,3,6-9,11H2,1-2H3. The summed E-state index contributed by atoms with van der Waals surface area (Å²) in [6.45, 7) is 5.55. The number of nitrogens with one attached hydrogen (secondary N) is 1. The number of ether oxygens (including phenoxy) is 1. The van der Waals surface area contributed by atoms with E-state index in [-0.39, 0.29) is 24.3 Å². The van der Waals surface area contributed by atoms with Crippen LogP contribution in [0.2, 0.25) is 5.02 Å². The van der Waals surface area contributed by atoms with Gasteiger partial charge < -0.3 is 15.0 Å². The zero-order chi connectivity index (χ0) is 16.8. The van der Waals surface area contributed by atoms with Crippen molar-refractivity contribution in [2.24, 2.45) is 5.92 Å².